The van der Waals surface area contributed by atoms with Crippen LogP contribution in [-0.4, -0.2) is 37.1 Å². The number of rotatable bonds is 7. The number of esters is 1. The molecule has 0 rings (SSSR count). The van der Waals surface area contributed by atoms with Crippen LogP contribution in [0.4, 0.5) is 0 Å². The van der Waals surface area contributed by atoms with E-state index in [4.69, 9.17) is 10.00 Å². The van der Waals surface area contributed by atoms with E-state index in [9.17, 15) is 4.79 Å². The summed E-state index contributed by atoms with van der Waals surface area (Å²) in [5.41, 5.74) is 0. The van der Waals surface area contributed by atoms with Crippen LogP contribution in [0, 0.1) is 11.3 Å². The second kappa shape index (κ2) is 8.52. The summed E-state index contributed by atoms with van der Waals surface area (Å²) in [6, 6.07) is 2.09. The fourth-order valence-electron chi connectivity index (χ4n) is 1.12. The van der Waals surface area contributed by atoms with E-state index in [0.29, 0.717) is 26.0 Å². The number of nitrogens with zero attached hydrogens (tertiary/aromatic N) is 2. The van der Waals surface area contributed by atoms with Crippen molar-refractivity contribution in [1.82, 2.24) is 4.90 Å². The van der Waals surface area contributed by atoms with Gasteiger partial charge < -0.3 is 9.64 Å². The smallest absolute Gasteiger partial charge is 0.307 e. The third-order valence-corrected chi connectivity index (χ3v) is 1.92. The molecule has 14 heavy (non-hydrogen) atoms. The quantitative estimate of drug-likeness (QED) is 0.576. The molecule has 4 nitrogen and oxygen atoms in total. The Balaban J connectivity index is 3.61. The van der Waals surface area contributed by atoms with Gasteiger partial charge in [-0.15, -0.1) is 0 Å². The molecule has 0 aliphatic carbocycles. The third kappa shape index (κ3) is 6.44. The fraction of sp³-hybridized carbons (Fsp3) is 0.800. The molecule has 4 heteroatoms. The number of ether oxygens (including phenoxy) is 1. The maximum atomic E-state index is 11.0. The van der Waals surface area contributed by atoms with Gasteiger partial charge in [0.05, 0.1) is 19.1 Å². The maximum absolute atomic E-state index is 11.0. The van der Waals surface area contributed by atoms with Gasteiger partial charge in [-0.3, -0.25) is 4.79 Å². The highest BCUT2D eigenvalue weighted by atomic mass is 16.5. The normalized spacial score (nSPS) is 9.86. The van der Waals surface area contributed by atoms with E-state index < -0.39 is 0 Å². The van der Waals surface area contributed by atoms with Gasteiger partial charge in [0.15, 0.2) is 0 Å². The molecular formula is C10H18N2O2. The average Bonchev–Trinajstić information content (AvgIpc) is 2.19. The molecule has 0 spiro atoms. The summed E-state index contributed by atoms with van der Waals surface area (Å²) in [5, 5.41) is 8.40. The first-order valence-electron chi connectivity index (χ1n) is 4.99. The van der Waals surface area contributed by atoms with Crippen LogP contribution in [0.25, 0.3) is 0 Å². The molecule has 0 amide bonds. The van der Waals surface area contributed by atoms with Gasteiger partial charge in [-0.1, -0.05) is 6.92 Å². The SMILES string of the molecule is CCOC(=O)CCN(CC)CCC#N. The molecule has 0 saturated heterocycles. The monoisotopic (exact) mass is 198 g/mol. The highest BCUT2D eigenvalue weighted by Crippen LogP contribution is 1.95. The lowest BCUT2D eigenvalue weighted by Crippen LogP contribution is -2.27. The van der Waals surface area contributed by atoms with Crippen molar-refractivity contribution in [3.05, 3.63) is 0 Å². The van der Waals surface area contributed by atoms with Gasteiger partial charge in [-0.2, -0.15) is 5.26 Å². The minimum atomic E-state index is -0.164. The molecule has 0 bridgehead atoms. The van der Waals surface area contributed by atoms with Crippen LogP contribution in [-0.2, 0) is 9.53 Å². The zero-order chi connectivity index (χ0) is 10.8. The summed E-state index contributed by atoms with van der Waals surface area (Å²) < 4.78 is 4.81. The van der Waals surface area contributed by atoms with Crippen LogP contribution < -0.4 is 0 Å². The summed E-state index contributed by atoms with van der Waals surface area (Å²) in [7, 11) is 0. The van der Waals surface area contributed by atoms with E-state index in [1.807, 2.05) is 6.92 Å². The Morgan fingerprint density at radius 3 is 2.64 bits per heavy atom. The van der Waals surface area contributed by atoms with Crippen LogP contribution in [0.1, 0.15) is 26.7 Å². The molecule has 0 radical (unpaired) electrons. The zero-order valence-corrected chi connectivity index (χ0v) is 8.95. The van der Waals surface area contributed by atoms with Gasteiger partial charge in [0.1, 0.15) is 0 Å². The standard InChI is InChI=1S/C10H18N2O2/c1-3-12(8-5-7-11)9-6-10(13)14-4-2/h3-6,8-9H2,1-2H3. The predicted molar refractivity (Wildman–Crippen MR) is 53.6 cm³/mol. The summed E-state index contributed by atoms with van der Waals surface area (Å²) in [4.78, 5) is 13.1. The van der Waals surface area contributed by atoms with E-state index in [2.05, 4.69) is 11.0 Å². The van der Waals surface area contributed by atoms with Crippen molar-refractivity contribution in [1.29, 1.82) is 5.26 Å². The van der Waals surface area contributed by atoms with Crippen LogP contribution >= 0.6 is 0 Å². The second-order valence-electron chi connectivity index (χ2n) is 2.90. The minimum absolute atomic E-state index is 0.164. The van der Waals surface area contributed by atoms with Crippen molar-refractivity contribution >= 4 is 5.97 Å². The van der Waals surface area contributed by atoms with E-state index in [-0.39, 0.29) is 5.97 Å². The number of hydrogen-bond acceptors (Lipinski definition) is 4. The minimum Gasteiger partial charge on any atom is -0.466 e. The lowest BCUT2D eigenvalue weighted by molar-refractivity contribution is -0.143. The molecule has 80 valence electrons. The van der Waals surface area contributed by atoms with Gasteiger partial charge in [0.25, 0.3) is 0 Å². The number of hydrogen-bond donors (Lipinski definition) is 0. The topological polar surface area (TPSA) is 53.3 Å². The number of nitriles is 1. The molecule has 0 saturated carbocycles. The Morgan fingerprint density at radius 2 is 2.14 bits per heavy atom. The largest absolute Gasteiger partial charge is 0.466 e. The van der Waals surface area contributed by atoms with Crippen LogP contribution in [0.3, 0.4) is 0 Å². The van der Waals surface area contributed by atoms with E-state index >= 15 is 0 Å². The Bertz CT molecular complexity index is 199. The second-order valence-corrected chi connectivity index (χ2v) is 2.90. The third-order valence-electron chi connectivity index (χ3n) is 1.92. The molecule has 0 heterocycles. The summed E-state index contributed by atoms with van der Waals surface area (Å²) in [5.74, 6) is -0.164. The summed E-state index contributed by atoms with van der Waals surface area (Å²) in [6.07, 6.45) is 0.920. The molecule has 0 fully saturated rings. The molecule has 0 aromatic rings. The molecule has 0 unspecified atom stereocenters. The number of carbonyl (C=O) groups excluding carboxylic acids is 1. The highest BCUT2D eigenvalue weighted by Gasteiger charge is 2.06. The van der Waals surface area contributed by atoms with Crippen molar-refractivity contribution in [2.75, 3.05) is 26.2 Å². The van der Waals surface area contributed by atoms with Crippen molar-refractivity contribution < 1.29 is 9.53 Å². The Hall–Kier alpha value is -1.08. The van der Waals surface area contributed by atoms with Crippen molar-refractivity contribution in [2.45, 2.75) is 26.7 Å². The van der Waals surface area contributed by atoms with Crippen LogP contribution in [0.5, 0.6) is 0 Å². The van der Waals surface area contributed by atoms with Crippen LogP contribution in [0.15, 0.2) is 0 Å². The first-order chi connectivity index (χ1) is 6.74. The molecule has 0 aliphatic rings. The van der Waals surface area contributed by atoms with Gasteiger partial charge >= 0.3 is 5.97 Å². The van der Waals surface area contributed by atoms with Gasteiger partial charge in [0.2, 0.25) is 0 Å². The Morgan fingerprint density at radius 1 is 1.43 bits per heavy atom. The molecule has 0 aromatic carbocycles. The lowest BCUT2D eigenvalue weighted by atomic mass is 10.3. The summed E-state index contributed by atoms with van der Waals surface area (Å²) >= 11 is 0. The van der Waals surface area contributed by atoms with Gasteiger partial charge in [-0.25, -0.2) is 0 Å². The van der Waals surface area contributed by atoms with Gasteiger partial charge in [0, 0.05) is 19.5 Å². The molecule has 0 N–H and O–H groups in total. The first-order valence-corrected chi connectivity index (χ1v) is 4.99. The van der Waals surface area contributed by atoms with Crippen molar-refractivity contribution in [3.63, 3.8) is 0 Å². The molecular weight excluding hydrogens is 180 g/mol. The lowest BCUT2D eigenvalue weighted by Gasteiger charge is -2.17. The Kier molecular flexibility index (Phi) is 7.86. The van der Waals surface area contributed by atoms with E-state index in [1.165, 1.54) is 0 Å². The van der Waals surface area contributed by atoms with E-state index in [1.54, 1.807) is 6.92 Å². The maximum Gasteiger partial charge on any atom is 0.307 e. The van der Waals surface area contributed by atoms with E-state index in [0.717, 1.165) is 13.1 Å². The molecule has 0 aliphatic heterocycles. The average molecular weight is 198 g/mol. The van der Waals surface area contributed by atoms with Crippen molar-refractivity contribution in [2.24, 2.45) is 0 Å². The predicted octanol–water partition coefficient (Wildman–Crippen LogP) is 1.18. The summed E-state index contributed by atoms with van der Waals surface area (Å²) in [6.45, 7) is 6.52. The molecule has 0 atom stereocenters. The zero-order valence-electron chi connectivity index (χ0n) is 8.95. The van der Waals surface area contributed by atoms with Crippen LogP contribution in [0.2, 0.25) is 0 Å². The molecule has 0 aromatic heterocycles. The Labute approximate surface area is 85.5 Å². The fourth-order valence-corrected chi connectivity index (χ4v) is 1.12. The van der Waals surface area contributed by atoms with Crippen molar-refractivity contribution in [3.8, 4) is 6.07 Å². The van der Waals surface area contributed by atoms with Gasteiger partial charge in [-0.05, 0) is 13.5 Å². The first kappa shape index (κ1) is 12.9. The highest BCUT2D eigenvalue weighted by molar-refractivity contribution is 5.69. The number of carbonyl (C=O) groups is 1.